The number of fused-ring (bicyclic) bond motifs is 1. The Balaban J connectivity index is 1.56. The fourth-order valence-corrected chi connectivity index (χ4v) is 5.46. The van der Waals surface area contributed by atoms with Crippen molar-refractivity contribution >= 4 is 26.8 Å². The van der Waals surface area contributed by atoms with E-state index in [0.717, 1.165) is 18.4 Å². The topological polar surface area (TPSA) is 99.3 Å². The third-order valence-electron chi connectivity index (χ3n) is 6.02. The number of hydrogen-bond acceptors (Lipinski definition) is 4. The molecule has 2 heterocycles. The van der Waals surface area contributed by atoms with Crippen LogP contribution in [0.25, 0.3) is 10.9 Å². The first-order chi connectivity index (χ1) is 15.4. The van der Waals surface area contributed by atoms with Crippen LogP contribution in [0.1, 0.15) is 35.7 Å². The molecule has 8 heteroatoms. The maximum Gasteiger partial charge on any atom is 0.256 e. The van der Waals surface area contributed by atoms with Gasteiger partial charge in [-0.15, -0.1) is 0 Å². The zero-order chi connectivity index (χ0) is 22.7. The Labute approximate surface area is 187 Å². The summed E-state index contributed by atoms with van der Waals surface area (Å²) in [6, 6.07) is 14.2. The van der Waals surface area contributed by atoms with Gasteiger partial charge in [-0.3, -0.25) is 9.59 Å². The second-order valence-electron chi connectivity index (χ2n) is 8.32. The normalized spacial score (nSPS) is 15.7. The Morgan fingerprint density at radius 3 is 2.56 bits per heavy atom. The van der Waals surface area contributed by atoms with E-state index in [9.17, 15) is 18.0 Å². The van der Waals surface area contributed by atoms with Crippen LogP contribution in [0, 0.1) is 5.92 Å². The van der Waals surface area contributed by atoms with E-state index in [4.69, 9.17) is 0 Å². The van der Waals surface area contributed by atoms with Crippen molar-refractivity contribution < 1.29 is 13.2 Å². The molecule has 4 rings (SSSR count). The van der Waals surface area contributed by atoms with Crippen LogP contribution in [-0.2, 0) is 16.4 Å². The van der Waals surface area contributed by atoms with E-state index in [0.29, 0.717) is 37.5 Å². The lowest BCUT2D eigenvalue weighted by Gasteiger charge is -2.29. The van der Waals surface area contributed by atoms with Crippen LogP contribution in [0.15, 0.2) is 64.4 Å². The zero-order valence-electron chi connectivity index (χ0n) is 18.0. The van der Waals surface area contributed by atoms with Gasteiger partial charge in [0.2, 0.25) is 15.5 Å². The average molecular weight is 454 g/mol. The number of benzene rings is 2. The summed E-state index contributed by atoms with van der Waals surface area (Å²) in [5.74, 6) is 0.0196. The number of pyridine rings is 1. The van der Waals surface area contributed by atoms with Crippen LogP contribution in [0.2, 0.25) is 0 Å². The molecule has 0 spiro atoms. The van der Waals surface area contributed by atoms with Crippen LogP contribution in [0.4, 0.5) is 0 Å². The van der Waals surface area contributed by atoms with E-state index in [1.54, 1.807) is 6.07 Å². The smallest absolute Gasteiger partial charge is 0.256 e. The SMILES string of the molecule is CC1CCN(S(=O)(=O)c2ccc3[nH]cc(C(=O)NCCc4ccccc4)c(=O)c3c2)CC1. The lowest BCUT2D eigenvalue weighted by molar-refractivity contribution is 0.0953. The highest BCUT2D eigenvalue weighted by Crippen LogP contribution is 2.24. The first-order valence-electron chi connectivity index (χ1n) is 10.8. The van der Waals surface area contributed by atoms with Gasteiger partial charge in [0.1, 0.15) is 5.56 Å². The zero-order valence-corrected chi connectivity index (χ0v) is 18.8. The van der Waals surface area contributed by atoms with Crippen molar-refractivity contribution in [2.75, 3.05) is 19.6 Å². The Morgan fingerprint density at radius 1 is 1.12 bits per heavy atom. The van der Waals surface area contributed by atoms with Gasteiger partial charge in [-0.2, -0.15) is 4.31 Å². The number of aromatic amines is 1. The predicted molar refractivity (Wildman–Crippen MR) is 124 cm³/mol. The number of carbonyl (C=O) groups excluding carboxylic acids is 1. The summed E-state index contributed by atoms with van der Waals surface area (Å²) < 4.78 is 27.6. The van der Waals surface area contributed by atoms with Gasteiger partial charge >= 0.3 is 0 Å². The molecule has 1 aliphatic heterocycles. The Morgan fingerprint density at radius 2 is 1.84 bits per heavy atom. The average Bonchev–Trinajstić information content (AvgIpc) is 2.80. The van der Waals surface area contributed by atoms with Crippen molar-refractivity contribution in [1.82, 2.24) is 14.6 Å². The summed E-state index contributed by atoms with van der Waals surface area (Å²) in [6.07, 6.45) is 3.67. The van der Waals surface area contributed by atoms with E-state index in [1.807, 2.05) is 30.3 Å². The number of nitrogens with zero attached hydrogens (tertiary/aromatic N) is 1. The molecule has 0 bridgehead atoms. The second-order valence-corrected chi connectivity index (χ2v) is 10.3. The molecule has 0 radical (unpaired) electrons. The van der Waals surface area contributed by atoms with Gasteiger partial charge in [0, 0.05) is 36.7 Å². The van der Waals surface area contributed by atoms with E-state index < -0.39 is 21.4 Å². The van der Waals surface area contributed by atoms with Crippen molar-refractivity contribution in [3.63, 3.8) is 0 Å². The molecule has 2 N–H and O–H groups in total. The highest BCUT2D eigenvalue weighted by atomic mass is 32.2. The summed E-state index contributed by atoms with van der Waals surface area (Å²) in [6.45, 7) is 3.46. The number of sulfonamides is 1. The number of piperidine rings is 1. The molecule has 0 unspecified atom stereocenters. The van der Waals surface area contributed by atoms with Crippen molar-refractivity contribution in [2.24, 2.45) is 5.92 Å². The number of H-pyrrole nitrogens is 1. The fourth-order valence-electron chi connectivity index (χ4n) is 3.96. The minimum atomic E-state index is -3.69. The van der Waals surface area contributed by atoms with Crippen LogP contribution < -0.4 is 10.7 Å². The maximum absolute atomic E-state index is 13.1. The molecule has 1 saturated heterocycles. The quantitative estimate of drug-likeness (QED) is 0.599. The lowest BCUT2D eigenvalue weighted by Crippen LogP contribution is -2.37. The van der Waals surface area contributed by atoms with Gasteiger partial charge in [-0.1, -0.05) is 37.3 Å². The van der Waals surface area contributed by atoms with Crippen molar-refractivity contribution in [2.45, 2.75) is 31.1 Å². The molecular formula is C24H27N3O4S. The highest BCUT2D eigenvalue weighted by Gasteiger charge is 2.28. The molecule has 0 atom stereocenters. The molecule has 3 aromatic rings. The summed E-state index contributed by atoms with van der Waals surface area (Å²) in [7, 11) is -3.69. The molecule has 168 valence electrons. The molecule has 1 aromatic heterocycles. The Kier molecular flexibility index (Phi) is 6.43. The number of carbonyl (C=O) groups is 1. The molecule has 7 nitrogen and oxygen atoms in total. The van der Waals surface area contributed by atoms with Crippen LogP contribution >= 0.6 is 0 Å². The van der Waals surface area contributed by atoms with Gasteiger partial charge in [0.15, 0.2) is 0 Å². The first kappa shape index (κ1) is 22.2. The third-order valence-corrected chi connectivity index (χ3v) is 7.91. The molecule has 1 fully saturated rings. The Bertz CT molecular complexity index is 1280. The molecule has 1 amide bonds. The van der Waals surface area contributed by atoms with E-state index in [2.05, 4.69) is 17.2 Å². The van der Waals surface area contributed by atoms with E-state index in [-0.39, 0.29) is 15.8 Å². The minimum Gasteiger partial charge on any atom is -0.360 e. The summed E-state index contributed by atoms with van der Waals surface area (Å²) in [5.41, 5.74) is 1.05. The van der Waals surface area contributed by atoms with Crippen molar-refractivity contribution in [3.8, 4) is 0 Å². The standard InChI is InChI=1S/C24H27N3O4S/c1-17-10-13-27(14-11-17)32(30,31)19-7-8-22-20(15-19)23(28)21(16-26-22)24(29)25-12-9-18-5-3-2-4-6-18/h2-8,15-17H,9-14H2,1H3,(H,25,29)(H,26,28). The van der Waals surface area contributed by atoms with Crippen LogP contribution in [-0.4, -0.2) is 43.2 Å². The van der Waals surface area contributed by atoms with Gasteiger partial charge in [-0.05, 0) is 48.9 Å². The molecule has 32 heavy (non-hydrogen) atoms. The number of rotatable bonds is 6. The van der Waals surface area contributed by atoms with E-state index in [1.165, 1.54) is 22.6 Å². The van der Waals surface area contributed by atoms with Crippen molar-refractivity contribution in [3.05, 3.63) is 76.1 Å². The lowest BCUT2D eigenvalue weighted by atomic mass is 10.0. The van der Waals surface area contributed by atoms with Gasteiger partial charge in [0.25, 0.3) is 5.91 Å². The summed E-state index contributed by atoms with van der Waals surface area (Å²) >= 11 is 0. The van der Waals surface area contributed by atoms with E-state index >= 15 is 0 Å². The third kappa shape index (κ3) is 4.61. The van der Waals surface area contributed by atoms with Crippen LogP contribution in [0.3, 0.4) is 0 Å². The second kappa shape index (κ2) is 9.26. The molecule has 0 aliphatic carbocycles. The van der Waals surface area contributed by atoms with Crippen LogP contribution in [0.5, 0.6) is 0 Å². The summed E-state index contributed by atoms with van der Waals surface area (Å²) in [4.78, 5) is 28.6. The molecule has 1 aliphatic rings. The Hall–Kier alpha value is -2.97. The fraction of sp³-hybridized carbons (Fsp3) is 0.333. The summed E-state index contributed by atoms with van der Waals surface area (Å²) in [5, 5.41) is 2.96. The predicted octanol–water partition coefficient (Wildman–Crippen LogP) is 2.92. The van der Waals surface area contributed by atoms with Crippen molar-refractivity contribution in [1.29, 1.82) is 0 Å². The number of nitrogens with one attached hydrogen (secondary N) is 2. The van der Waals surface area contributed by atoms with Gasteiger partial charge in [0.05, 0.1) is 4.90 Å². The molecule has 0 saturated carbocycles. The largest absolute Gasteiger partial charge is 0.360 e. The monoisotopic (exact) mass is 453 g/mol. The van der Waals surface area contributed by atoms with Gasteiger partial charge in [-0.25, -0.2) is 8.42 Å². The number of hydrogen-bond donors (Lipinski definition) is 2. The number of amides is 1. The molecule has 2 aromatic carbocycles. The first-order valence-corrected chi connectivity index (χ1v) is 12.3. The maximum atomic E-state index is 13.1. The minimum absolute atomic E-state index is 0.0353. The molecular weight excluding hydrogens is 426 g/mol. The number of aromatic nitrogens is 1. The van der Waals surface area contributed by atoms with Gasteiger partial charge < -0.3 is 10.3 Å². The highest BCUT2D eigenvalue weighted by molar-refractivity contribution is 7.89.